The summed E-state index contributed by atoms with van der Waals surface area (Å²) in [5, 5.41) is 0. The molecular formula is C9H16S. The highest BCUT2D eigenvalue weighted by molar-refractivity contribution is 8.02. The second-order valence-corrected chi connectivity index (χ2v) is 2.91. The van der Waals surface area contributed by atoms with Crippen LogP contribution in [0, 0.1) is 0 Å². The zero-order valence-corrected chi connectivity index (χ0v) is 7.87. The van der Waals surface area contributed by atoms with Gasteiger partial charge in [0.05, 0.1) is 0 Å². The summed E-state index contributed by atoms with van der Waals surface area (Å²) >= 11 is 1.81. The van der Waals surface area contributed by atoms with E-state index in [1.807, 2.05) is 11.8 Å². The molecule has 0 atom stereocenters. The van der Waals surface area contributed by atoms with E-state index in [-0.39, 0.29) is 0 Å². The Kier molecular flexibility index (Phi) is 6.83. The van der Waals surface area contributed by atoms with Crippen molar-refractivity contribution in [3.05, 3.63) is 23.1 Å². The summed E-state index contributed by atoms with van der Waals surface area (Å²) in [7, 11) is 0. The highest BCUT2D eigenvalue weighted by Gasteiger charge is 1.83. The molecule has 0 spiro atoms. The number of hydrogen-bond donors (Lipinski definition) is 0. The summed E-state index contributed by atoms with van der Waals surface area (Å²) in [6.45, 7) is 4.32. The summed E-state index contributed by atoms with van der Waals surface area (Å²) in [5.74, 6) is 0. The first kappa shape index (κ1) is 9.83. The molecule has 10 heavy (non-hydrogen) atoms. The molecule has 0 amide bonds. The normalized spacial score (nSPS) is 12.9. The van der Waals surface area contributed by atoms with E-state index >= 15 is 0 Å². The van der Waals surface area contributed by atoms with E-state index in [9.17, 15) is 0 Å². The van der Waals surface area contributed by atoms with Crippen molar-refractivity contribution >= 4 is 11.8 Å². The minimum Gasteiger partial charge on any atom is -0.130 e. The molecule has 0 nitrogen and oxygen atoms in total. The standard InChI is InChI=1S/C9H16S/c1-4-6-8-9(10-3)7-5-2/h6-8H,4-5H2,1-3H3/b8-6-,9-7+. The van der Waals surface area contributed by atoms with Gasteiger partial charge < -0.3 is 0 Å². The maximum Gasteiger partial charge on any atom is 0.00259 e. The Labute approximate surface area is 68.4 Å². The summed E-state index contributed by atoms with van der Waals surface area (Å²) in [5.41, 5.74) is 0. The lowest BCUT2D eigenvalue weighted by atomic mass is 10.3. The quantitative estimate of drug-likeness (QED) is 0.560. The molecule has 0 aliphatic rings. The van der Waals surface area contributed by atoms with Crippen molar-refractivity contribution in [3.63, 3.8) is 0 Å². The van der Waals surface area contributed by atoms with Crippen LogP contribution in [0.3, 0.4) is 0 Å². The fraction of sp³-hybridized carbons (Fsp3) is 0.556. The van der Waals surface area contributed by atoms with Crippen LogP contribution in [0.2, 0.25) is 0 Å². The molecule has 0 aromatic carbocycles. The Balaban J connectivity index is 3.82. The van der Waals surface area contributed by atoms with Crippen LogP contribution in [0.5, 0.6) is 0 Å². The van der Waals surface area contributed by atoms with Crippen LogP contribution in [-0.4, -0.2) is 6.26 Å². The molecule has 0 heterocycles. The van der Waals surface area contributed by atoms with Gasteiger partial charge >= 0.3 is 0 Å². The van der Waals surface area contributed by atoms with Gasteiger partial charge in [0, 0.05) is 4.91 Å². The van der Waals surface area contributed by atoms with Crippen molar-refractivity contribution < 1.29 is 0 Å². The lowest BCUT2D eigenvalue weighted by molar-refractivity contribution is 1.21. The maximum atomic E-state index is 2.25. The third-order valence-corrected chi connectivity index (χ3v) is 1.93. The summed E-state index contributed by atoms with van der Waals surface area (Å²) in [4.78, 5) is 1.38. The second-order valence-electron chi connectivity index (χ2n) is 2.03. The Morgan fingerprint density at radius 3 is 2.40 bits per heavy atom. The number of hydrogen-bond acceptors (Lipinski definition) is 1. The lowest BCUT2D eigenvalue weighted by Gasteiger charge is -1.93. The van der Waals surface area contributed by atoms with Gasteiger partial charge in [-0.15, -0.1) is 11.8 Å². The van der Waals surface area contributed by atoms with E-state index < -0.39 is 0 Å². The van der Waals surface area contributed by atoms with Crippen LogP contribution in [0.1, 0.15) is 26.7 Å². The van der Waals surface area contributed by atoms with E-state index in [4.69, 9.17) is 0 Å². The third-order valence-electron chi connectivity index (χ3n) is 1.16. The topological polar surface area (TPSA) is 0 Å². The van der Waals surface area contributed by atoms with E-state index in [0.29, 0.717) is 0 Å². The van der Waals surface area contributed by atoms with Gasteiger partial charge in [-0.1, -0.05) is 32.1 Å². The van der Waals surface area contributed by atoms with Gasteiger partial charge in [-0.05, 0) is 19.1 Å². The van der Waals surface area contributed by atoms with Crippen LogP contribution in [0.15, 0.2) is 23.1 Å². The average Bonchev–Trinajstić information content (AvgIpc) is 1.98. The van der Waals surface area contributed by atoms with Gasteiger partial charge in [0.15, 0.2) is 0 Å². The molecule has 1 heteroatoms. The first-order valence-corrected chi connectivity index (χ1v) is 4.98. The van der Waals surface area contributed by atoms with E-state index in [1.54, 1.807) is 0 Å². The van der Waals surface area contributed by atoms with Crippen LogP contribution < -0.4 is 0 Å². The van der Waals surface area contributed by atoms with Gasteiger partial charge in [-0.3, -0.25) is 0 Å². The van der Waals surface area contributed by atoms with Crippen LogP contribution in [0.4, 0.5) is 0 Å². The largest absolute Gasteiger partial charge is 0.130 e. The Bertz CT molecular complexity index is 123. The molecule has 0 saturated heterocycles. The average molecular weight is 156 g/mol. The Morgan fingerprint density at radius 2 is 2.00 bits per heavy atom. The number of rotatable bonds is 4. The number of thioether (sulfide) groups is 1. The summed E-state index contributed by atoms with van der Waals surface area (Å²) in [6, 6.07) is 0. The summed E-state index contributed by atoms with van der Waals surface area (Å²) < 4.78 is 0. The van der Waals surface area contributed by atoms with Crippen molar-refractivity contribution in [2.45, 2.75) is 26.7 Å². The van der Waals surface area contributed by atoms with Crippen molar-refractivity contribution in [3.8, 4) is 0 Å². The summed E-state index contributed by atoms with van der Waals surface area (Å²) in [6.07, 6.45) is 11.0. The van der Waals surface area contributed by atoms with Crippen molar-refractivity contribution in [2.24, 2.45) is 0 Å². The predicted molar refractivity (Wildman–Crippen MR) is 51.3 cm³/mol. The molecule has 0 radical (unpaired) electrons. The zero-order valence-electron chi connectivity index (χ0n) is 7.05. The third kappa shape index (κ3) is 4.68. The minimum atomic E-state index is 1.13. The second kappa shape index (κ2) is 6.94. The van der Waals surface area contributed by atoms with Crippen molar-refractivity contribution in [1.29, 1.82) is 0 Å². The van der Waals surface area contributed by atoms with Gasteiger partial charge in [0.1, 0.15) is 0 Å². The predicted octanol–water partition coefficient (Wildman–Crippen LogP) is 3.61. The van der Waals surface area contributed by atoms with Gasteiger partial charge in [-0.25, -0.2) is 0 Å². The zero-order chi connectivity index (χ0) is 7.82. The fourth-order valence-corrected chi connectivity index (χ4v) is 1.22. The molecule has 0 aliphatic heterocycles. The highest BCUT2D eigenvalue weighted by atomic mass is 32.2. The smallest absolute Gasteiger partial charge is 0.00259 e. The molecule has 0 bridgehead atoms. The molecule has 0 aromatic rings. The van der Waals surface area contributed by atoms with Crippen LogP contribution in [-0.2, 0) is 0 Å². The molecule has 0 N–H and O–H groups in total. The number of allylic oxidation sites excluding steroid dienone is 3. The first-order valence-electron chi connectivity index (χ1n) is 3.75. The van der Waals surface area contributed by atoms with Crippen LogP contribution >= 0.6 is 11.8 Å². The van der Waals surface area contributed by atoms with E-state index in [0.717, 1.165) is 12.8 Å². The molecule has 58 valence electrons. The van der Waals surface area contributed by atoms with E-state index in [2.05, 4.69) is 38.3 Å². The molecular weight excluding hydrogens is 140 g/mol. The SMILES string of the molecule is CC/C=C\C(=C/CC)SC. The van der Waals surface area contributed by atoms with Crippen LogP contribution in [0.25, 0.3) is 0 Å². The Hall–Kier alpha value is -0.170. The molecule has 0 saturated carbocycles. The molecule has 0 unspecified atom stereocenters. The van der Waals surface area contributed by atoms with Gasteiger partial charge in [-0.2, -0.15) is 0 Å². The molecule has 0 fully saturated rings. The van der Waals surface area contributed by atoms with Crippen molar-refractivity contribution in [2.75, 3.05) is 6.26 Å². The van der Waals surface area contributed by atoms with Gasteiger partial charge in [0.2, 0.25) is 0 Å². The molecule has 0 rings (SSSR count). The Morgan fingerprint density at radius 1 is 1.30 bits per heavy atom. The highest BCUT2D eigenvalue weighted by Crippen LogP contribution is 2.13. The van der Waals surface area contributed by atoms with Gasteiger partial charge in [0.25, 0.3) is 0 Å². The first-order chi connectivity index (χ1) is 4.85. The lowest BCUT2D eigenvalue weighted by Crippen LogP contribution is -1.67. The molecule has 0 aliphatic carbocycles. The fourth-order valence-electron chi connectivity index (χ4n) is 0.655. The minimum absolute atomic E-state index is 1.13. The molecule has 0 aromatic heterocycles. The maximum absolute atomic E-state index is 2.25. The monoisotopic (exact) mass is 156 g/mol. The van der Waals surface area contributed by atoms with Crippen molar-refractivity contribution in [1.82, 2.24) is 0 Å². The van der Waals surface area contributed by atoms with E-state index in [1.165, 1.54) is 4.91 Å².